The molecular formula is C50H92O15P2. The smallest absolute Gasteiger partial charge is 0.462 e. The number of esters is 2. The fourth-order valence-electron chi connectivity index (χ4n) is 6.92. The summed E-state index contributed by atoms with van der Waals surface area (Å²) in [5.74, 6) is -0.430. The van der Waals surface area contributed by atoms with E-state index in [2.05, 4.69) is 29.8 Å². The highest BCUT2D eigenvalue weighted by Crippen LogP contribution is 2.44. The minimum atomic E-state index is -4.89. The van der Waals surface area contributed by atoms with Crippen LogP contribution in [0.1, 0.15) is 201 Å². The second kappa shape index (κ2) is 44.0. The van der Waals surface area contributed by atoms with Gasteiger partial charge in [0, 0.05) is 12.8 Å². The summed E-state index contributed by atoms with van der Waals surface area (Å²) in [7, 11) is -9.76. The van der Waals surface area contributed by atoms with Gasteiger partial charge in [-0.1, -0.05) is 204 Å². The van der Waals surface area contributed by atoms with E-state index in [-0.39, 0.29) is 19.3 Å². The van der Waals surface area contributed by atoms with E-state index in [9.17, 15) is 38.9 Å². The largest absolute Gasteiger partial charge is 0.472 e. The van der Waals surface area contributed by atoms with Gasteiger partial charge < -0.3 is 39.5 Å². The van der Waals surface area contributed by atoms with Crippen LogP contribution in [0.3, 0.4) is 0 Å². The summed E-state index contributed by atoms with van der Waals surface area (Å²) in [6.45, 7) is 3.78. The summed E-state index contributed by atoms with van der Waals surface area (Å²) < 4.78 is 47.8. The first-order valence-corrected chi connectivity index (χ1v) is 28.4. The Morgan fingerprint density at radius 1 is 0.507 bits per heavy atom. The molecule has 1 unspecified atom stereocenters. The van der Waals surface area contributed by atoms with Crippen molar-refractivity contribution in [3.8, 4) is 0 Å². The highest BCUT2D eigenvalue weighted by Gasteiger charge is 2.28. The number of phosphoric ester groups is 2. The van der Waals surface area contributed by atoms with E-state index in [0.29, 0.717) is 19.3 Å². The molecule has 0 rings (SSSR count). The van der Waals surface area contributed by atoms with Gasteiger partial charge >= 0.3 is 27.6 Å². The van der Waals surface area contributed by atoms with E-state index < -0.39 is 78.4 Å². The van der Waals surface area contributed by atoms with E-state index in [0.717, 1.165) is 57.3 Å². The molecule has 0 aliphatic carbocycles. The molecule has 0 fully saturated rings. The van der Waals surface area contributed by atoms with Gasteiger partial charge in [0.15, 0.2) is 6.10 Å². The number of hydrogen-bond acceptors (Lipinski definition) is 12. The number of hydrogen-bond donors (Lipinski definition) is 6. The first-order chi connectivity index (χ1) is 32.0. The van der Waals surface area contributed by atoms with Crippen molar-refractivity contribution in [1.29, 1.82) is 0 Å². The Kier molecular flexibility index (Phi) is 42.7. The van der Waals surface area contributed by atoms with Crippen LogP contribution in [0.2, 0.25) is 0 Å². The van der Waals surface area contributed by atoms with Gasteiger partial charge in [-0.25, -0.2) is 9.13 Å². The highest BCUT2D eigenvalue weighted by molar-refractivity contribution is 7.47. The van der Waals surface area contributed by atoms with E-state index in [4.69, 9.17) is 23.8 Å². The molecule has 0 saturated carbocycles. The molecule has 0 amide bonds. The van der Waals surface area contributed by atoms with Gasteiger partial charge in [-0.3, -0.25) is 23.2 Å². The lowest BCUT2D eigenvalue weighted by Gasteiger charge is -2.20. The van der Waals surface area contributed by atoms with Crippen LogP contribution in [0, 0.1) is 5.92 Å². The maximum Gasteiger partial charge on any atom is 0.472 e. The fourth-order valence-corrected chi connectivity index (χ4v) is 8.08. The summed E-state index contributed by atoms with van der Waals surface area (Å²) >= 11 is 0. The number of rotatable bonds is 47. The second-order valence-corrected chi connectivity index (χ2v) is 20.7. The van der Waals surface area contributed by atoms with Crippen LogP contribution < -0.4 is 0 Å². The monoisotopic (exact) mass is 995 g/mol. The molecule has 17 heteroatoms. The Morgan fingerprint density at radius 3 is 1.43 bits per heavy atom. The van der Waals surface area contributed by atoms with Gasteiger partial charge in [0.25, 0.3) is 0 Å². The Bertz CT molecular complexity index is 1410. The molecule has 5 atom stereocenters. The zero-order chi connectivity index (χ0) is 49.9. The van der Waals surface area contributed by atoms with Crippen LogP contribution in [0.15, 0.2) is 48.6 Å². The molecule has 0 radical (unpaired) electrons. The van der Waals surface area contributed by atoms with Crippen molar-refractivity contribution in [3.63, 3.8) is 0 Å². The Balaban J connectivity index is 4.58. The van der Waals surface area contributed by atoms with Gasteiger partial charge in [-0.05, 0) is 38.0 Å². The lowest BCUT2D eigenvalue weighted by molar-refractivity contribution is -0.161. The molecule has 0 saturated heterocycles. The number of allylic oxidation sites excluding steroid dienone is 6. The van der Waals surface area contributed by atoms with E-state index in [1.807, 2.05) is 24.3 Å². The van der Waals surface area contributed by atoms with Crippen LogP contribution in [0.5, 0.6) is 0 Å². The van der Waals surface area contributed by atoms with Gasteiger partial charge in [-0.15, -0.1) is 0 Å². The van der Waals surface area contributed by atoms with Crippen molar-refractivity contribution < 1.29 is 71.8 Å². The minimum absolute atomic E-state index is 0.0525. The van der Waals surface area contributed by atoms with Gasteiger partial charge in [0.2, 0.25) is 0 Å². The predicted molar refractivity (Wildman–Crippen MR) is 265 cm³/mol. The number of carbonyl (C=O) groups is 2. The number of ether oxygens (including phenoxy) is 2. The van der Waals surface area contributed by atoms with Crippen molar-refractivity contribution >= 4 is 27.6 Å². The molecule has 0 aliphatic heterocycles. The maximum absolute atomic E-state index is 12.7. The third-order valence-electron chi connectivity index (χ3n) is 10.8. The number of unbranched alkanes of at least 4 members (excludes halogenated alkanes) is 19. The van der Waals surface area contributed by atoms with Crippen molar-refractivity contribution in [2.24, 2.45) is 5.92 Å². The average Bonchev–Trinajstić information content (AvgIpc) is 3.27. The minimum Gasteiger partial charge on any atom is -0.462 e. The summed E-state index contributed by atoms with van der Waals surface area (Å²) in [6, 6.07) is 0. The zero-order valence-corrected chi connectivity index (χ0v) is 43.2. The van der Waals surface area contributed by atoms with Crippen LogP contribution in [-0.2, 0) is 41.8 Å². The third-order valence-corrected chi connectivity index (χ3v) is 12.3. The Labute approximate surface area is 404 Å². The molecule has 0 bridgehead atoms. The normalized spacial score (nSPS) is 15.3. The van der Waals surface area contributed by atoms with Crippen LogP contribution in [0.25, 0.3) is 0 Å². The number of aliphatic hydroxyl groups excluding tert-OH is 3. The lowest BCUT2D eigenvalue weighted by atomic mass is 10.0. The lowest BCUT2D eigenvalue weighted by Crippen LogP contribution is -2.30. The maximum atomic E-state index is 12.7. The van der Waals surface area contributed by atoms with Crippen molar-refractivity contribution in [2.45, 2.75) is 225 Å². The van der Waals surface area contributed by atoms with Crippen LogP contribution in [0.4, 0.5) is 0 Å². The Morgan fingerprint density at radius 2 is 0.940 bits per heavy atom. The summed E-state index contributed by atoms with van der Waals surface area (Å²) in [5.41, 5.74) is 0. The summed E-state index contributed by atoms with van der Waals surface area (Å²) in [5, 5.41) is 30.0. The number of carbonyl (C=O) groups excluding carboxylic acids is 2. The van der Waals surface area contributed by atoms with Crippen molar-refractivity contribution in [2.75, 3.05) is 26.4 Å². The van der Waals surface area contributed by atoms with Crippen molar-refractivity contribution in [3.05, 3.63) is 48.6 Å². The average molecular weight is 995 g/mol. The quantitative estimate of drug-likeness (QED) is 0.0144. The molecule has 0 spiro atoms. The van der Waals surface area contributed by atoms with E-state index in [1.54, 1.807) is 24.3 Å². The summed E-state index contributed by atoms with van der Waals surface area (Å²) in [6.07, 6.45) is 38.8. The first-order valence-electron chi connectivity index (χ1n) is 25.4. The highest BCUT2D eigenvalue weighted by atomic mass is 31.2. The topological polar surface area (TPSA) is 236 Å². The van der Waals surface area contributed by atoms with Gasteiger partial charge in [0.1, 0.15) is 12.7 Å². The molecule has 0 aromatic carbocycles. The van der Waals surface area contributed by atoms with Crippen LogP contribution >= 0.6 is 15.6 Å². The van der Waals surface area contributed by atoms with E-state index in [1.165, 1.54) is 89.9 Å². The zero-order valence-electron chi connectivity index (χ0n) is 41.4. The first kappa shape index (κ1) is 65.0. The number of aliphatic hydroxyl groups is 3. The molecular weight excluding hydrogens is 902 g/mol. The summed E-state index contributed by atoms with van der Waals surface area (Å²) in [4.78, 5) is 52.9. The Hall–Kier alpha value is -2.00. The molecule has 0 aromatic rings. The number of phosphoric acid groups is 2. The van der Waals surface area contributed by atoms with Crippen molar-refractivity contribution in [1.82, 2.24) is 0 Å². The molecule has 0 aliphatic rings. The van der Waals surface area contributed by atoms with E-state index >= 15 is 0 Å². The molecule has 15 nitrogen and oxygen atoms in total. The predicted octanol–water partition coefficient (Wildman–Crippen LogP) is 11.6. The molecule has 0 heterocycles. The SMILES string of the molecule is CCCCC[C@H](O)/C=C/C=C\C/C=C\C=C\[C@H](O)CCCC(=O)OC[C@H](COP(=O)(O)OC[C@@H](O)COP(=O)(O)O)OC(=O)CCCCCCCCCCCCCCCCCCCCC(C)C. The molecule has 67 heavy (non-hydrogen) atoms. The molecule has 6 N–H and O–H groups in total. The molecule has 0 aromatic heterocycles. The van der Waals surface area contributed by atoms with Gasteiger partial charge in [0.05, 0.1) is 32.0 Å². The third kappa shape index (κ3) is 48.8. The van der Waals surface area contributed by atoms with Gasteiger partial charge in [-0.2, -0.15) is 0 Å². The van der Waals surface area contributed by atoms with Crippen LogP contribution in [-0.4, -0.2) is 92.8 Å². The fraction of sp³-hybridized carbons (Fsp3) is 0.800. The standard InChI is InChI=1S/C50H92O15P2/c1-4-5-27-34-45(51)35-29-24-20-18-21-25-30-36-46(52)37-32-39-49(54)61-42-48(43-64-67(59,60)63-41-47(53)40-62-66(56,57)58)65-50(55)38-31-26-22-17-15-13-11-9-7-6-8-10-12-14-16-19-23-28-33-44(2)3/h20-21,24-25,29-30,35-36,44-48,51-53H,4-19,22-23,26-28,31-34,37-43H2,1-3H3,(H,59,60)(H2,56,57,58)/b24-20-,25-21-,35-29+,36-30+/t45-,46-,47-,48+/m0/s1. The molecule has 392 valence electrons. The second-order valence-electron chi connectivity index (χ2n) is 18.0.